The largest absolute Gasteiger partial charge is 0.355 e. The highest BCUT2D eigenvalue weighted by molar-refractivity contribution is 6.07. The molecule has 4 rings (SSSR count). The van der Waals surface area contributed by atoms with Gasteiger partial charge in [0, 0.05) is 25.6 Å². The van der Waals surface area contributed by atoms with Gasteiger partial charge >= 0.3 is 6.03 Å². The fourth-order valence-electron chi connectivity index (χ4n) is 4.31. The Labute approximate surface area is 199 Å². The first-order valence-corrected chi connectivity index (χ1v) is 11.2. The Bertz CT molecular complexity index is 1170. The third-order valence-corrected chi connectivity index (χ3v) is 6.03. The molecule has 1 fully saturated rings. The molecule has 0 spiro atoms. The molecule has 1 aliphatic heterocycles. The Morgan fingerprint density at radius 1 is 0.912 bits per heavy atom. The molecule has 0 saturated carbocycles. The maximum atomic E-state index is 13.8. The summed E-state index contributed by atoms with van der Waals surface area (Å²) in [6, 6.07) is 25.9. The summed E-state index contributed by atoms with van der Waals surface area (Å²) in [5, 5.41) is 5.59. The van der Waals surface area contributed by atoms with E-state index in [2.05, 4.69) is 10.6 Å². The molecule has 7 nitrogen and oxygen atoms in total. The normalized spacial score (nSPS) is 17.7. The zero-order valence-corrected chi connectivity index (χ0v) is 19.3. The van der Waals surface area contributed by atoms with E-state index in [9.17, 15) is 14.4 Å². The number of hydrogen-bond donors (Lipinski definition) is 2. The van der Waals surface area contributed by atoms with Crippen LogP contribution >= 0.6 is 0 Å². The van der Waals surface area contributed by atoms with Crippen molar-refractivity contribution in [2.45, 2.75) is 18.5 Å². The molecular formula is C27H28N4O3. The van der Waals surface area contributed by atoms with E-state index in [1.807, 2.05) is 84.7 Å². The van der Waals surface area contributed by atoms with Gasteiger partial charge in [-0.15, -0.1) is 0 Å². The van der Waals surface area contributed by atoms with Gasteiger partial charge in [0.25, 0.3) is 11.8 Å². The average Bonchev–Trinajstić information content (AvgIpc) is 3.10. The second kappa shape index (κ2) is 9.89. The van der Waals surface area contributed by atoms with E-state index in [0.29, 0.717) is 18.5 Å². The number of nitrogens with one attached hydrogen (secondary N) is 2. The van der Waals surface area contributed by atoms with Crippen molar-refractivity contribution in [2.75, 3.05) is 20.8 Å². The molecule has 34 heavy (non-hydrogen) atoms. The number of carbonyl (C=O) groups excluding carboxylic acids is 3. The molecule has 3 aromatic carbocycles. The molecule has 1 heterocycles. The summed E-state index contributed by atoms with van der Waals surface area (Å²) in [5.41, 5.74) is 2.12. The molecule has 1 saturated heterocycles. The first-order chi connectivity index (χ1) is 16.4. The van der Waals surface area contributed by atoms with Gasteiger partial charge in [-0.05, 0) is 35.9 Å². The van der Waals surface area contributed by atoms with Gasteiger partial charge in [0.1, 0.15) is 0 Å². The van der Waals surface area contributed by atoms with E-state index in [0.717, 1.165) is 16.7 Å². The van der Waals surface area contributed by atoms with Gasteiger partial charge in [0.05, 0.1) is 6.67 Å². The minimum Gasteiger partial charge on any atom is -0.355 e. The Morgan fingerprint density at radius 2 is 1.53 bits per heavy atom. The first-order valence-electron chi connectivity index (χ1n) is 11.2. The van der Waals surface area contributed by atoms with Crippen LogP contribution in [0.3, 0.4) is 0 Å². The molecule has 174 valence electrons. The van der Waals surface area contributed by atoms with Gasteiger partial charge in [0.15, 0.2) is 5.54 Å². The maximum Gasteiger partial charge on any atom is 0.326 e. The first kappa shape index (κ1) is 23.2. The van der Waals surface area contributed by atoms with Crippen LogP contribution in [0.1, 0.15) is 27.0 Å². The van der Waals surface area contributed by atoms with Crippen LogP contribution in [-0.2, 0) is 23.3 Å². The summed E-state index contributed by atoms with van der Waals surface area (Å²) in [6.45, 7) is 0.660. The summed E-state index contributed by atoms with van der Waals surface area (Å²) in [7, 11) is 3.45. The third kappa shape index (κ3) is 4.70. The third-order valence-electron chi connectivity index (χ3n) is 6.03. The molecule has 1 atom stereocenters. The lowest BCUT2D eigenvalue weighted by Crippen LogP contribution is -2.46. The summed E-state index contributed by atoms with van der Waals surface area (Å²) in [4.78, 5) is 41.7. The van der Waals surface area contributed by atoms with Crippen molar-refractivity contribution in [2.24, 2.45) is 0 Å². The standard InChI is InChI=1S/C27H28N4O3/c1-28-24(32)22-15-13-21(14-16-22)18-30(2)19-31-25(33)27(29-26(31)34,23-11-7-4-8-12-23)17-20-9-5-3-6-10-20/h3-16H,17-19H2,1-2H3,(H,28,32)(H,29,34). The van der Waals surface area contributed by atoms with E-state index >= 15 is 0 Å². The van der Waals surface area contributed by atoms with Gasteiger partial charge in [-0.1, -0.05) is 72.8 Å². The van der Waals surface area contributed by atoms with Crippen LogP contribution in [0.5, 0.6) is 0 Å². The number of carbonyl (C=O) groups is 3. The second-order valence-corrected chi connectivity index (χ2v) is 8.53. The summed E-state index contributed by atoms with van der Waals surface area (Å²) >= 11 is 0. The van der Waals surface area contributed by atoms with Crippen molar-refractivity contribution in [3.05, 3.63) is 107 Å². The van der Waals surface area contributed by atoms with Crippen molar-refractivity contribution >= 4 is 17.8 Å². The zero-order chi connectivity index (χ0) is 24.1. The topological polar surface area (TPSA) is 81.8 Å². The van der Waals surface area contributed by atoms with Crippen LogP contribution < -0.4 is 10.6 Å². The molecule has 1 aliphatic rings. The average molecular weight is 457 g/mol. The lowest BCUT2D eigenvalue weighted by Gasteiger charge is -2.28. The minimum atomic E-state index is -1.16. The number of urea groups is 1. The van der Waals surface area contributed by atoms with Crippen molar-refractivity contribution in [3.8, 4) is 0 Å². The maximum absolute atomic E-state index is 13.8. The Morgan fingerprint density at radius 3 is 2.15 bits per heavy atom. The number of hydrogen-bond acceptors (Lipinski definition) is 4. The molecule has 1 unspecified atom stereocenters. The molecule has 7 heteroatoms. The molecule has 3 aromatic rings. The molecule has 2 N–H and O–H groups in total. The predicted octanol–water partition coefficient (Wildman–Crippen LogP) is 3.13. The quantitative estimate of drug-likeness (QED) is 0.511. The van der Waals surface area contributed by atoms with Crippen LogP contribution in [0.4, 0.5) is 4.79 Å². The molecule has 4 amide bonds. The van der Waals surface area contributed by atoms with Crippen LogP contribution in [0.2, 0.25) is 0 Å². The number of rotatable bonds is 8. The number of imide groups is 1. The molecule has 0 bridgehead atoms. The molecular weight excluding hydrogens is 428 g/mol. The van der Waals surface area contributed by atoms with E-state index in [1.54, 1.807) is 19.2 Å². The smallest absolute Gasteiger partial charge is 0.326 e. The van der Waals surface area contributed by atoms with Crippen molar-refractivity contribution in [1.82, 2.24) is 20.4 Å². The fourth-order valence-corrected chi connectivity index (χ4v) is 4.31. The monoisotopic (exact) mass is 456 g/mol. The van der Waals surface area contributed by atoms with Gasteiger partial charge in [-0.3, -0.25) is 14.5 Å². The number of amides is 4. The lowest BCUT2D eigenvalue weighted by molar-refractivity contribution is -0.133. The van der Waals surface area contributed by atoms with Crippen LogP contribution in [0, 0.1) is 0 Å². The van der Waals surface area contributed by atoms with Crippen LogP contribution in [0.25, 0.3) is 0 Å². The summed E-state index contributed by atoms with van der Waals surface area (Å²) in [5.74, 6) is -0.413. The highest BCUT2D eigenvalue weighted by Gasteiger charge is 2.52. The van der Waals surface area contributed by atoms with Crippen LogP contribution in [-0.4, -0.2) is 48.4 Å². The van der Waals surface area contributed by atoms with E-state index < -0.39 is 11.6 Å². The van der Waals surface area contributed by atoms with Crippen LogP contribution in [0.15, 0.2) is 84.9 Å². The minimum absolute atomic E-state index is 0.144. The SMILES string of the molecule is CNC(=O)c1ccc(CN(C)CN2C(=O)NC(Cc3ccccc3)(c3ccccc3)C2=O)cc1. The fraction of sp³-hybridized carbons (Fsp3) is 0.222. The highest BCUT2D eigenvalue weighted by Crippen LogP contribution is 2.33. The molecule has 0 aliphatic carbocycles. The predicted molar refractivity (Wildman–Crippen MR) is 130 cm³/mol. The van der Waals surface area contributed by atoms with Gasteiger partial charge in [-0.2, -0.15) is 0 Å². The summed E-state index contributed by atoms with van der Waals surface area (Å²) < 4.78 is 0. The lowest BCUT2D eigenvalue weighted by atomic mass is 9.83. The van der Waals surface area contributed by atoms with E-state index in [1.165, 1.54) is 4.90 Å². The van der Waals surface area contributed by atoms with Crippen molar-refractivity contribution < 1.29 is 14.4 Å². The number of benzene rings is 3. The van der Waals surface area contributed by atoms with Gasteiger partial charge in [0.2, 0.25) is 0 Å². The highest BCUT2D eigenvalue weighted by atomic mass is 16.2. The van der Waals surface area contributed by atoms with Gasteiger partial charge in [-0.25, -0.2) is 9.69 Å². The Hall–Kier alpha value is -3.97. The van der Waals surface area contributed by atoms with Crippen molar-refractivity contribution in [3.63, 3.8) is 0 Å². The second-order valence-electron chi connectivity index (χ2n) is 8.53. The molecule has 0 radical (unpaired) electrons. The van der Waals surface area contributed by atoms with Crippen molar-refractivity contribution in [1.29, 1.82) is 0 Å². The van der Waals surface area contributed by atoms with E-state index in [-0.39, 0.29) is 18.5 Å². The van der Waals surface area contributed by atoms with E-state index in [4.69, 9.17) is 0 Å². The van der Waals surface area contributed by atoms with Gasteiger partial charge < -0.3 is 10.6 Å². The number of nitrogens with zero attached hydrogens (tertiary/aromatic N) is 2. The Kier molecular flexibility index (Phi) is 6.75. The molecule has 0 aromatic heterocycles. The zero-order valence-electron chi connectivity index (χ0n) is 19.3. The summed E-state index contributed by atoms with van der Waals surface area (Å²) in [6.07, 6.45) is 0.365. The Balaban J connectivity index is 1.53.